The monoisotopic (exact) mass is 533 g/mol. The highest BCUT2D eigenvalue weighted by Crippen LogP contribution is 2.29. The first-order valence-electron chi connectivity index (χ1n) is 11.4. The van der Waals surface area contributed by atoms with Crippen molar-refractivity contribution in [1.29, 1.82) is 0 Å². The molecule has 0 aliphatic carbocycles. The maximum absolute atomic E-state index is 11.4. The van der Waals surface area contributed by atoms with Crippen LogP contribution in [0.3, 0.4) is 0 Å². The molecule has 1 heterocycles. The van der Waals surface area contributed by atoms with E-state index in [1.807, 2.05) is 12.1 Å². The fourth-order valence-corrected chi connectivity index (χ4v) is 3.93. The van der Waals surface area contributed by atoms with Gasteiger partial charge >= 0.3 is 0 Å². The third-order valence-corrected chi connectivity index (χ3v) is 5.80. The Labute approximate surface area is 215 Å². The van der Waals surface area contributed by atoms with E-state index in [1.54, 1.807) is 30.5 Å². The molecular formula is C25H31N3O8S. The predicted molar refractivity (Wildman–Crippen MR) is 137 cm³/mol. The minimum atomic E-state index is -3.58. The highest BCUT2D eigenvalue weighted by molar-refractivity contribution is 7.92. The molecule has 12 heteroatoms. The van der Waals surface area contributed by atoms with Gasteiger partial charge in [-0.05, 0) is 48.4 Å². The third kappa shape index (κ3) is 9.19. The Bertz CT molecular complexity index is 1260. The number of aromatic nitrogens is 1. The lowest BCUT2D eigenvalue weighted by atomic mass is 10.1. The van der Waals surface area contributed by atoms with Gasteiger partial charge in [-0.15, -0.1) is 0 Å². The van der Waals surface area contributed by atoms with E-state index in [9.17, 15) is 28.8 Å². The van der Waals surface area contributed by atoms with Crippen LogP contribution in [0.4, 0.5) is 5.69 Å². The van der Waals surface area contributed by atoms with E-state index in [-0.39, 0.29) is 49.6 Å². The van der Waals surface area contributed by atoms with E-state index in [4.69, 9.17) is 9.47 Å². The number of rotatable bonds is 14. The van der Waals surface area contributed by atoms with Crippen molar-refractivity contribution in [2.45, 2.75) is 25.2 Å². The maximum Gasteiger partial charge on any atom is 0.229 e. The van der Waals surface area contributed by atoms with Gasteiger partial charge in [0.25, 0.3) is 0 Å². The van der Waals surface area contributed by atoms with Gasteiger partial charge in [0.1, 0.15) is 30.0 Å². The number of ether oxygens (including phenoxy) is 2. The molecule has 0 bridgehead atoms. The van der Waals surface area contributed by atoms with Crippen LogP contribution < -0.4 is 19.5 Å². The van der Waals surface area contributed by atoms with E-state index in [0.717, 1.165) is 11.8 Å². The average molecular weight is 534 g/mol. The number of nitrogens with zero attached hydrogens (tertiary/aromatic N) is 1. The lowest BCUT2D eigenvalue weighted by Crippen LogP contribution is -2.41. The number of aliphatic hydroxyl groups is 3. The molecule has 2 aromatic carbocycles. The molecule has 0 radical (unpaired) electrons. The quantitative estimate of drug-likeness (QED) is 0.166. The minimum Gasteiger partial charge on any atom is -0.506 e. The van der Waals surface area contributed by atoms with Gasteiger partial charge in [-0.3, -0.25) is 4.72 Å². The Morgan fingerprint density at radius 2 is 1.78 bits per heavy atom. The second-order valence-corrected chi connectivity index (χ2v) is 10.1. The summed E-state index contributed by atoms with van der Waals surface area (Å²) in [6, 6.07) is 14.4. The highest BCUT2D eigenvalue weighted by Gasteiger charge is 2.14. The summed E-state index contributed by atoms with van der Waals surface area (Å²) in [4.78, 5) is 4.13. The number of hydrogen-bond donors (Lipinski definition) is 6. The van der Waals surface area contributed by atoms with Crippen LogP contribution in [0.25, 0.3) is 0 Å². The fourth-order valence-electron chi connectivity index (χ4n) is 3.37. The van der Waals surface area contributed by atoms with Crippen molar-refractivity contribution < 1.29 is 38.3 Å². The number of anilines is 1. The van der Waals surface area contributed by atoms with Crippen LogP contribution in [0.1, 0.15) is 11.1 Å². The Morgan fingerprint density at radius 1 is 1.05 bits per heavy atom. The number of aliphatic hydroxyl groups excluding tert-OH is 3. The zero-order valence-electron chi connectivity index (χ0n) is 20.2. The molecule has 3 rings (SSSR count). The Balaban J connectivity index is 1.47. The second-order valence-electron chi connectivity index (χ2n) is 8.38. The summed E-state index contributed by atoms with van der Waals surface area (Å²) in [5.41, 5.74) is 1.48. The summed E-state index contributed by atoms with van der Waals surface area (Å²) in [7, 11) is -3.58. The van der Waals surface area contributed by atoms with Gasteiger partial charge < -0.3 is 35.2 Å². The van der Waals surface area contributed by atoms with Crippen molar-refractivity contribution in [3.63, 3.8) is 0 Å². The number of phenols is 1. The SMILES string of the molecule is CS(=O)(=O)Nc1cc(OC[C@@H](O)CN[C@H](CO)Cc2ccc(Oc3ncccc3CO)cc2)ccc1O. The first kappa shape index (κ1) is 28.2. The van der Waals surface area contributed by atoms with Crippen molar-refractivity contribution in [3.05, 3.63) is 71.9 Å². The molecule has 11 nitrogen and oxygen atoms in total. The number of hydrogen-bond acceptors (Lipinski definition) is 10. The average Bonchev–Trinajstić information content (AvgIpc) is 2.87. The van der Waals surface area contributed by atoms with Crippen LogP contribution in [0.15, 0.2) is 60.8 Å². The second kappa shape index (κ2) is 13.2. The van der Waals surface area contributed by atoms with Crippen LogP contribution in [-0.2, 0) is 23.1 Å². The normalized spacial score (nSPS) is 13.1. The molecule has 0 aliphatic rings. The van der Waals surface area contributed by atoms with Crippen molar-refractivity contribution in [3.8, 4) is 23.1 Å². The summed E-state index contributed by atoms with van der Waals surface area (Å²) in [6.07, 6.45) is 2.13. The summed E-state index contributed by atoms with van der Waals surface area (Å²) in [6.45, 7) is -0.289. The molecule has 0 spiro atoms. The Hall–Kier alpha value is -3.42. The zero-order valence-corrected chi connectivity index (χ0v) is 21.1. The zero-order chi connectivity index (χ0) is 26.8. The maximum atomic E-state index is 11.4. The molecule has 1 aromatic heterocycles. The van der Waals surface area contributed by atoms with Gasteiger partial charge in [0.2, 0.25) is 15.9 Å². The Kier molecular flexibility index (Phi) is 10.1. The van der Waals surface area contributed by atoms with Crippen LogP contribution in [0.2, 0.25) is 0 Å². The lowest BCUT2D eigenvalue weighted by Gasteiger charge is -2.20. The van der Waals surface area contributed by atoms with Gasteiger partial charge in [-0.2, -0.15) is 0 Å². The van der Waals surface area contributed by atoms with Crippen LogP contribution in [0.5, 0.6) is 23.1 Å². The van der Waals surface area contributed by atoms with E-state index in [0.29, 0.717) is 23.6 Å². The molecule has 0 fully saturated rings. The highest BCUT2D eigenvalue weighted by atomic mass is 32.2. The van der Waals surface area contributed by atoms with Crippen LogP contribution >= 0.6 is 0 Å². The van der Waals surface area contributed by atoms with Crippen LogP contribution in [-0.4, -0.2) is 72.0 Å². The number of nitrogens with one attached hydrogen (secondary N) is 2. The van der Waals surface area contributed by atoms with Gasteiger partial charge in [0.15, 0.2) is 0 Å². The van der Waals surface area contributed by atoms with E-state index in [1.165, 1.54) is 18.2 Å². The molecule has 6 N–H and O–H groups in total. The topological polar surface area (TPSA) is 170 Å². The largest absolute Gasteiger partial charge is 0.506 e. The molecule has 0 aliphatic heterocycles. The molecule has 200 valence electrons. The van der Waals surface area contributed by atoms with E-state index < -0.39 is 16.1 Å². The molecule has 0 saturated carbocycles. The summed E-state index contributed by atoms with van der Waals surface area (Å²) in [5.74, 6) is 0.902. The molecule has 0 unspecified atom stereocenters. The van der Waals surface area contributed by atoms with E-state index >= 15 is 0 Å². The number of aromatic hydroxyl groups is 1. The van der Waals surface area contributed by atoms with Crippen molar-refractivity contribution in [2.75, 3.05) is 30.7 Å². The van der Waals surface area contributed by atoms with Gasteiger partial charge in [0, 0.05) is 30.4 Å². The smallest absolute Gasteiger partial charge is 0.229 e. The predicted octanol–water partition coefficient (Wildman–Crippen LogP) is 1.38. The number of phenolic OH excluding ortho intramolecular Hbond substituents is 1. The van der Waals surface area contributed by atoms with Crippen molar-refractivity contribution in [1.82, 2.24) is 10.3 Å². The summed E-state index contributed by atoms with van der Waals surface area (Å²) in [5, 5.41) is 42.3. The fraction of sp³-hybridized carbons (Fsp3) is 0.320. The van der Waals surface area contributed by atoms with Crippen molar-refractivity contribution in [2.24, 2.45) is 0 Å². The first-order chi connectivity index (χ1) is 17.7. The number of sulfonamides is 1. The van der Waals surface area contributed by atoms with Crippen LogP contribution in [0, 0.1) is 0 Å². The number of pyridine rings is 1. The lowest BCUT2D eigenvalue weighted by molar-refractivity contribution is 0.0997. The van der Waals surface area contributed by atoms with E-state index in [2.05, 4.69) is 15.0 Å². The Morgan fingerprint density at radius 3 is 2.46 bits per heavy atom. The van der Waals surface area contributed by atoms with Gasteiger partial charge in [-0.1, -0.05) is 12.1 Å². The molecule has 0 saturated heterocycles. The summed E-state index contributed by atoms with van der Waals surface area (Å²) >= 11 is 0. The third-order valence-electron chi connectivity index (χ3n) is 5.21. The molecular weight excluding hydrogens is 502 g/mol. The molecule has 37 heavy (non-hydrogen) atoms. The summed E-state index contributed by atoms with van der Waals surface area (Å²) < 4.78 is 36.2. The molecule has 3 aromatic rings. The minimum absolute atomic E-state index is 0.0294. The molecule has 0 amide bonds. The van der Waals surface area contributed by atoms with Gasteiger partial charge in [0.05, 0.1) is 25.2 Å². The van der Waals surface area contributed by atoms with Crippen molar-refractivity contribution >= 4 is 15.7 Å². The molecule has 2 atom stereocenters. The van der Waals surface area contributed by atoms with Gasteiger partial charge in [-0.25, -0.2) is 13.4 Å². The first-order valence-corrected chi connectivity index (χ1v) is 13.3. The standard InChI is InChI=1S/C25H31N3O8S/c1-37(33,34)28-23-12-22(8-9-24(23)32)35-16-20(31)13-27-19(15-30)11-17-4-6-21(7-5-17)36-25-18(14-29)3-2-10-26-25/h2-10,12,19-20,27-32H,11,13-16H2,1H3/t19-,20-/m0/s1. The number of benzene rings is 2.